The van der Waals surface area contributed by atoms with Crippen LogP contribution in [0.25, 0.3) is 0 Å². The van der Waals surface area contributed by atoms with E-state index in [0.29, 0.717) is 0 Å². The molecule has 72 valence electrons. The second-order valence-corrected chi connectivity index (χ2v) is 3.12. The van der Waals surface area contributed by atoms with Gasteiger partial charge in [0.25, 0.3) is 0 Å². The predicted molar refractivity (Wildman–Crippen MR) is 55.0 cm³/mol. The van der Waals surface area contributed by atoms with Crippen LogP contribution in [0.4, 0.5) is 5.69 Å². The minimum Gasteiger partial charge on any atom is -0.467 e. The van der Waals surface area contributed by atoms with Crippen LogP contribution in [0.15, 0.2) is 47.3 Å². The Morgan fingerprint density at radius 1 is 1.36 bits per heavy atom. The summed E-state index contributed by atoms with van der Waals surface area (Å²) in [5, 5.41) is 3.29. The molecular weight excluding hydrogens is 176 g/mol. The maximum Gasteiger partial charge on any atom is 0.125 e. The Kier molecular flexibility index (Phi) is 2.49. The van der Waals surface area contributed by atoms with E-state index in [4.69, 9.17) is 4.42 Å². The molecule has 0 aliphatic rings. The van der Waals surface area contributed by atoms with Crippen LogP contribution >= 0.6 is 0 Å². The van der Waals surface area contributed by atoms with Crippen LogP contribution in [0, 0.1) is 0 Å². The fourth-order valence-electron chi connectivity index (χ4n) is 1.31. The van der Waals surface area contributed by atoms with E-state index in [1.54, 1.807) is 18.7 Å². The first-order chi connectivity index (χ1) is 6.86. The Morgan fingerprint density at radius 2 is 2.29 bits per heavy atom. The Morgan fingerprint density at radius 3 is 2.93 bits per heavy atom. The van der Waals surface area contributed by atoms with Crippen molar-refractivity contribution in [1.82, 2.24) is 4.98 Å². The molecular formula is C11H12N2O. The zero-order valence-electron chi connectivity index (χ0n) is 7.97. The normalized spacial score (nSPS) is 12.4. The third-order valence-electron chi connectivity index (χ3n) is 2.01. The van der Waals surface area contributed by atoms with Gasteiger partial charge < -0.3 is 9.73 Å². The first-order valence-electron chi connectivity index (χ1n) is 4.56. The summed E-state index contributed by atoms with van der Waals surface area (Å²) in [5.74, 6) is 0.925. The molecule has 0 saturated carbocycles. The molecule has 2 aromatic heterocycles. The lowest BCUT2D eigenvalue weighted by Crippen LogP contribution is -2.05. The van der Waals surface area contributed by atoms with Crippen molar-refractivity contribution < 1.29 is 4.42 Å². The molecule has 2 aromatic rings. The fraction of sp³-hybridized carbons (Fsp3) is 0.182. The summed E-state index contributed by atoms with van der Waals surface area (Å²) in [5.41, 5.74) is 0.997. The molecule has 0 aliphatic carbocycles. The summed E-state index contributed by atoms with van der Waals surface area (Å²) in [6.45, 7) is 2.05. The lowest BCUT2D eigenvalue weighted by atomic mass is 10.2. The number of pyridine rings is 1. The van der Waals surface area contributed by atoms with Gasteiger partial charge in [0.1, 0.15) is 5.76 Å². The molecule has 1 atom stereocenters. The Labute approximate surface area is 82.8 Å². The number of aromatic nitrogens is 1. The molecule has 0 spiro atoms. The van der Waals surface area contributed by atoms with E-state index < -0.39 is 0 Å². The van der Waals surface area contributed by atoms with Crippen LogP contribution in [0.1, 0.15) is 18.7 Å². The van der Waals surface area contributed by atoms with Gasteiger partial charge in [-0.15, -0.1) is 0 Å². The Bertz CT molecular complexity index is 369. The number of anilines is 1. The van der Waals surface area contributed by atoms with Crippen molar-refractivity contribution >= 4 is 5.69 Å². The third kappa shape index (κ3) is 1.93. The van der Waals surface area contributed by atoms with E-state index in [-0.39, 0.29) is 6.04 Å². The van der Waals surface area contributed by atoms with Gasteiger partial charge >= 0.3 is 0 Å². The van der Waals surface area contributed by atoms with Gasteiger partial charge in [-0.05, 0) is 31.2 Å². The maximum absolute atomic E-state index is 5.28. The highest BCUT2D eigenvalue weighted by molar-refractivity contribution is 5.41. The molecule has 14 heavy (non-hydrogen) atoms. The van der Waals surface area contributed by atoms with E-state index in [1.165, 1.54) is 0 Å². The number of nitrogens with zero attached hydrogens (tertiary/aromatic N) is 1. The molecule has 0 fully saturated rings. The number of hydrogen-bond donors (Lipinski definition) is 1. The predicted octanol–water partition coefficient (Wildman–Crippen LogP) is 2.85. The molecule has 0 aliphatic heterocycles. The van der Waals surface area contributed by atoms with Gasteiger partial charge in [-0.25, -0.2) is 0 Å². The van der Waals surface area contributed by atoms with E-state index in [1.807, 2.05) is 31.2 Å². The molecule has 0 bridgehead atoms. The number of rotatable bonds is 3. The molecule has 1 N–H and O–H groups in total. The smallest absolute Gasteiger partial charge is 0.125 e. The zero-order valence-corrected chi connectivity index (χ0v) is 7.97. The zero-order chi connectivity index (χ0) is 9.80. The number of nitrogens with one attached hydrogen (secondary N) is 1. The first-order valence-corrected chi connectivity index (χ1v) is 4.56. The van der Waals surface area contributed by atoms with Crippen LogP contribution in [0.2, 0.25) is 0 Å². The molecule has 3 heteroatoms. The monoisotopic (exact) mass is 188 g/mol. The average molecular weight is 188 g/mol. The summed E-state index contributed by atoms with van der Waals surface area (Å²) >= 11 is 0. The minimum absolute atomic E-state index is 0.161. The molecule has 2 heterocycles. The van der Waals surface area contributed by atoms with Crippen molar-refractivity contribution in [3.63, 3.8) is 0 Å². The molecule has 0 saturated heterocycles. The van der Waals surface area contributed by atoms with Crippen molar-refractivity contribution in [3.05, 3.63) is 48.7 Å². The average Bonchev–Trinajstić information content (AvgIpc) is 2.72. The highest BCUT2D eigenvalue weighted by Gasteiger charge is 2.06. The Balaban J connectivity index is 2.06. The van der Waals surface area contributed by atoms with Gasteiger partial charge in [-0.1, -0.05) is 0 Å². The van der Waals surface area contributed by atoms with Crippen molar-refractivity contribution in [2.45, 2.75) is 13.0 Å². The van der Waals surface area contributed by atoms with Crippen LogP contribution in [-0.2, 0) is 0 Å². The van der Waals surface area contributed by atoms with Crippen molar-refractivity contribution in [2.24, 2.45) is 0 Å². The van der Waals surface area contributed by atoms with Crippen molar-refractivity contribution in [2.75, 3.05) is 5.32 Å². The van der Waals surface area contributed by atoms with E-state index in [9.17, 15) is 0 Å². The van der Waals surface area contributed by atoms with Gasteiger partial charge in [-0.3, -0.25) is 4.98 Å². The van der Waals surface area contributed by atoms with Gasteiger partial charge in [0.2, 0.25) is 0 Å². The van der Waals surface area contributed by atoms with Gasteiger partial charge in [0, 0.05) is 12.4 Å². The second kappa shape index (κ2) is 3.96. The van der Waals surface area contributed by atoms with Crippen molar-refractivity contribution in [1.29, 1.82) is 0 Å². The van der Waals surface area contributed by atoms with Gasteiger partial charge in [-0.2, -0.15) is 0 Å². The van der Waals surface area contributed by atoms with Crippen molar-refractivity contribution in [3.8, 4) is 0 Å². The van der Waals surface area contributed by atoms with E-state index >= 15 is 0 Å². The fourth-order valence-corrected chi connectivity index (χ4v) is 1.31. The number of furan rings is 1. The number of hydrogen-bond acceptors (Lipinski definition) is 3. The summed E-state index contributed by atoms with van der Waals surface area (Å²) in [7, 11) is 0. The molecule has 0 aromatic carbocycles. The largest absolute Gasteiger partial charge is 0.467 e. The molecule has 0 radical (unpaired) electrons. The van der Waals surface area contributed by atoms with Crippen LogP contribution in [0.5, 0.6) is 0 Å². The standard InChI is InChI=1S/C11H12N2O/c1-9(11-5-3-7-14-11)13-10-4-2-6-12-8-10/h2-9,13H,1H3. The third-order valence-corrected chi connectivity index (χ3v) is 2.01. The lowest BCUT2D eigenvalue weighted by molar-refractivity contribution is 0.490. The maximum atomic E-state index is 5.28. The van der Waals surface area contributed by atoms with Gasteiger partial charge in [0.05, 0.1) is 18.0 Å². The van der Waals surface area contributed by atoms with Crippen LogP contribution in [0.3, 0.4) is 0 Å². The van der Waals surface area contributed by atoms with E-state index in [2.05, 4.69) is 10.3 Å². The lowest BCUT2D eigenvalue weighted by Gasteiger charge is -2.11. The topological polar surface area (TPSA) is 38.1 Å². The highest BCUT2D eigenvalue weighted by Crippen LogP contribution is 2.18. The highest BCUT2D eigenvalue weighted by atomic mass is 16.3. The molecule has 1 unspecified atom stereocenters. The van der Waals surface area contributed by atoms with E-state index in [0.717, 1.165) is 11.4 Å². The molecule has 3 nitrogen and oxygen atoms in total. The Hall–Kier alpha value is -1.77. The summed E-state index contributed by atoms with van der Waals surface area (Å²) in [6.07, 6.45) is 5.22. The van der Waals surface area contributed by atoms with Crippen LogP contribution in [-0.4, -0.2) is 4.98 Å². The summed E-state index contributed by atoms with van der Waals surface area (Å²) < 4.78 is 5.28. The first kappa shape index (κ1) is 8.81. The second-order valence-electron chi connectivity index (χ2n) is 3.12. The minimum atomic E-state index is 0.161. The van der Waals surface area contributed by atoms with Gasteiger partial charge in [0.15, 0.2) is 0 Å². The molecule has 0 amide bonds. The molecule has 2 rings (SSSR count). The summed E-state index contributed by atoms with van der Waals surface area (Å²) in [6, 6.07) is 7.88. The van der Waals surface area contributed by atoms with Crippen LogP contribution < -0.4 is 5.32 Å². The SMILES string of the molecule is CC(Nc1cccnc1)c1ccco1. The summed E-state index contributed by atoms with van der Waals surface area (Å²) in [4.78, 5) is 4.03. The quantitative estimate of drug-likeness (QED) is 0.804.